The molecule has 2 rings (SSSR count). The van der Waals surface area contributed by atoms with Crippen molar-refractivity contribution in [1.82, 2.24) is 0 Å². The molecule has 1 aromatic rings. The Morgan fingerprint density at radius 2 is 2.13 bits per heavy atom. The molecule has 15 heavy (non-hydrogen) atoms. The van der Waals surface area contributed by atoms with Crippen molar-refractivity contribution in [2.45, 2.75) is 6.42 Å². The van der Waals surface area contributed by atoms with Crippen molar-refractivity contribution in [3.63, 3.8) is 0 Å². The lowest BCUT2D eigenvalue weighted by atomic mass is 10.1. The topological polar surface area (TPSA) is 27.7 Å². The van der Waals surface area contributed by atoms with Gasteiger partial charge in [-0.1, -0.05) is 15.9 Å². The first-order chi connectivity index (χ1) is 7.35. The summed E-state index contributed by atoms with van der Waals surface area (Å²) in [5, 5.41) is 0.926. The van der Waals surface area contributed by atoms with Gasteiger partial charge in [0, 0.05) is 5.33 Å². The van der Waals surface area contributed by atoms with Crippen LogP contribution in [0.1, 0.15) is 5.56 Å². The molecule has 1 aromatic carbocycles. The molecule has 0 bridgehead atoms. The molecule has 0 N–H and O–H groups in total. The summed E-state index contributed by atoms with van der Waals surface area (Å²) in [6.45, 7) is 1.19. The van der Waals surface area contributed by atoms with E-state index in [4.69, 9.17) is 14.2 Å². The molecule has 1 heterocycles. The van der Waals surface area contributed by atoms with Crippen molar-refractivity contribution >= 4 is 15.9 Å². The van der Waals surface area contributed by atoms with Crippen LogP contribution in [0.25, 0.3) is 0 Å². The average Bonchev–Trinajstić information content (AvgIpc) is 2.28. The Hall–Kier alpha value is -0.900. The predicted octanol–water partition coefficient (Wildman–Crippen LogP) is 2.40. The van der Waals surface area contributed by atoms with E-state index in [1.807, 2.05) is 12.1 Å². The summed E-state index contributed by atoms with van der Waals surface area (Å²) in [5.41, 5.74) is 1.19. The summed E-state index contributed by atoms with van der Waals surface area (Å²) in [6.07, 6.45) is 0.951. The van der Waals surface area contributed by atoms with Crippen molar-refractivity contribution < 1.29 is 14.2 Å². The second-order valence-corrected chi connectivity index (χ2v) is 4.05. The molecule has 0 atom stereocenters. The fourth-order valence-electron chi connectivity index (χ4n) is 1.58. The molecule has 0 saturated carbocycles. The maximum Gasteiger partial charge on any atom is 0.203 e. The Labute approximate surface area is 97.5 Å². The van der Waals surface area contributed by atoms with Crippen LogP contribution in [0.2, 0.25) is 0 Å². The SMILES string of the molecule is COc1cc(CCBr)cc2c1OCCO2. The molecular weight excluding hydrogens is 260 g/mol. The quantitative estimate of drug-likeness (QED) is 0.791. The van der Waals surface area contributed by atoms with Crippen LogP contribution in [0.5, 0.6) is 17.2 Å². The Balaban J connectivity index is 2.38. The minimum atomic E-state index is 0.584. The first kappa shape index (κ1) is 10.6. The van der Waals surface area contributed by atoms with Gasteiger partial charge in [-0.25, -0.2) is 0 Å². The second kappa shape index (κ2) is 4.75. The van der Waals surface area contributed by atoms with E-state index < -0.39 is 0 Å². The number of rotatable bonds is 3. The number of fused-ring (bicyclic) bond motifs is 1. The van der Waals surface area contributed by atoms with Crippen molar-refractivity contribution in [1.29, 1.82) is 0 Å². The summed E-state index contributed by atoms with van der Waals surface area (Å²) in [5.74, 6) is 2.27. The number of alkyl halides is 1. The summed E-state index contributed by atoms with van der Waals surface area (Å²) >= 11 is 3.42. The highest BCUT2D eigenvalue weighted by Crippen LogP contribution is 2.40. The van der Waals surface area contributed by atoms with Gasteiger partial charge >= 0.3 is 0 Å². The molecule has 82 valence electrons. The van der Waals surface area contributed by atoms with E-state index in [9.17, 15) is 0 Å². The van der Waals surface area contributed by atoms with Crippen LogP contribution in [-0.4, -0.2) is 25.7 Å². The monoisotopic (exact) mass is 272 g/mol. The van der Waals surface area contributed by atoms with Gasteiger partial charge in [0.15, 0.2) is 11.5 Å². The minimum Gasteiger partial charge on any atom is -0.493 e. The standard InChI is InChI=1S/C11H13BrO3/c1-13-9-6-8(2-3-12)7-10-11(9)15-5-4-14-10/h6-7H,2-5H2,1H3. The van der Waals surface area contributed by atoms with E-state index in [2.05, 4.69) is 15.9 Å². The Morgan fingerprint density at radius 3 is 2.87 bits per heavy atom. The van der Waals surface area contributed by atoms with Crippen LogP contribution in [0.3, 0.4) is 0 Å². The van der Waals surface area contributed by atoms with Gasteiger partial charge in [-0.2, -0.15) is 0 Å². The summed E-state index contributed by atoms with van der Waals surface area (Å²) in [7, 11) is 1.64. The molecule has 0 amide bonds. The zero-order chi connectivity index (χ0) is 10.7. The van der Waals surface area contributed by atoms with Crippen molar-refractivity contribution in [2.24, 2.45) is 0 Å². The highest BCUT2D eigenvalue weighted by molar-refractivity contribution is 9.09. The van der Waals surface area contributed by atoms with Crippen LogP contribution >= 0.6 is 15.9 Å². The second-order valence-electron chi connectivity index (χ2n) is 3.26. The zero-order valence-corrected chi connectivity index (χ0v) is 10.2. The fourth-order valence-corrected chi connectivity index (χ4v) is 2.04. The van der Waals surface area contributed by atoms with E-state index in [-0.39, 0.29) is 0 Å². The molecule has 0 saturated heterocycles. The van der Waals surface area contributed by atoms with Crippen molar-refractivity contribution in [3.8, 4) is 17.2 Å². The number of halogens is 1. The molecule has 4 heteroatoms. The lowest BCUT2D eigenvalue weighted by Crippen LogP contribution is -2.16. The van der Waals surface area contributed by atoms with E-state index >= 15 is 0 Å². The van der Waals surface area contributed by atoms with E-state index in [0.29, 0.717) is 13.2 Å². The van der Waals surface area contributed by atoms with Gasteiger partial charge in [-0.15, -0.1) is 0 Å². The molecule has 3 nitrogen and oxygen atoms in total. The molecule has 0 radical (unpaired) electrons. The smallest absolute Gasteiger partial charge is 0.203 e. The lowest BCUT2D eigenvalue weighted by molar-refractivity contribution is 0.165. The number of aryl methyl sites for hydroxylation is 1. The number of hydrogen-bond donors (Lipinski definition) is 0. The molecule has 0 fully saturated rings. The van der Waals surface area contributed by atoms with E-state index in [0.717, 1.165) is 29.0 Å². The van der Waals surface area contributed by atoms with Crippen LogP contribution in [0.4, 0.5) is 0 Å². The highest BCUT2D eigenvalue weighted by Gasteiger charge is 2.17. The minimum absolute atomic E-state index is 0.584. The van der Waals surface area contributed by atoms with E-state index in [1.165, 1.54) is 5.56 Å². The van der Waals surface area contributed by atoms with Gasteiger partial charge in [-0.3, -0.25) is 0 Å². The largest absolute Gasteiger partial charge is 0.493 e. The average molecular weight is 273 g/mol. The van der Waals surface area contributed by atoms with Crippen molar-refractivity contribution in [3.05, 3.63) is 17.7 Å². The maximum atomic E-state index is 5.53. The Bertz CT molecular complexity index is 335. The van der Waals surface area contributed by atoms with Crippen LogP contribution in [0.15, 0.2) is 12.1 Å². The predicted molar refractivity (Wildman–Crippen MR) is 61.5 cm³/mol. The molecule has 1 aliphatic rings. The van der Waals surface area contributed by atoms with Gasteiger partial charge in [0.2, 0.25) is 5.75 Å². The molecule has 0 aromatic heterocycles. The lowest BCUT2D eigenvalue weighted by Gasteiger charge is -2.21. The normalized spacial score (nSPS) is 13.7. The molecule has 0 spiro atoms. The molecule has 1 aliphatic heterocycles. The number of hydrogen-bond acceptors (Lipinski definition) is 3. The molecular formula is C11H13BrO3. The van der Waals surface area contributed by atoms with Gasteiger partial charge in [-0.05, 0) is 24.1 Å². The van der Waals surface area contributed by atoms with Crippen molar-refractivity contribution in [2.75, 3.05) is 25.7 Å². The number of ether oxygens (including phenoxy) is 3. The summed E-state index contributed by atoms with van der Waals surface area (Å²) in [6, 6.07) is 4.01. The van der Waals surface area contributed by atoms with Crippen LogP contribution < -0.4 is 14.2 Å². The Kier molecular flexibility index (Phi) is 3.36. The molecule has 0 unspecified atom stereocenters. The highest BCUT2D eigenvalue weighted by atomic mass is 79.9. The third kappa shape index (κ3) is 2.20. The molecule has 0 aliphatic carbocycles. The zero-order valence-electron chi connectivity index (χ0n) is 8.59. The van der Waals surface area contributed by atoms with Crippen LogP contribution in [-0.2, 0) is 6.42 Å². The number of benzene rings is 1. The van der Waals surface area contributed by atoms with E-state index in [1.54, 1.807) is 7.11 Å². The summed E-state index contributed by atoms with van der Waals surface area (Å²) < 4.78 is 16.3. The first-order valence-corrected chi connectivity index (χ1v) is 5.99. The van der Waals surface area contributed by atoms with Gasteiger partial charge in [0.05, 0.1) is 7.11 Å². The van der Waals surface area contributed by atoms with Crippen LogP contribution in [0, 0.1) is 0 Å². The third-order valence-electron chi connectivity index (χ3n) is 2.27. The third-order valence-corrected chi connectivity index (χ3v) is 2.67. The van der Waals surface area contributed by atoms with Gasteiger partial charge < -0.3 is 14.2 Å². The van der Waals surface area contributed by atoms with Gasteiger partial charge in [0.25, 0.3) is 0 Å². The maximum absolute atomic E-state index is 5.53. The Morgan fingerprint density at radius 1 is 1.33 bits per heavy atom. The number of methoxy groups -OCH3 is 1. The first-order valence-electron chi connectivity index (χ1n) is 4.87. The fraction of sp³-hybridized carbons (Fsp3) is 0.455. The van der Waals surface area contributed by atoms with Gasteiger partial charge in [0.1, 0.15) is 13.2 Å². The summed E-state index contributed by atoms with van der Waals surface area (Å²) in [4.78, 5) is 0.